The molecule has 1 aromatic heterocycles. The summed E-state index contributed by atoms with van der Waals surface area (Å²) >= 11 is 7.18. The van der Waals surface area contributed by atoms with Crippen LogP contribution in [0.2, 0.25) is 5.15 Å². The van der Waals surface area contributed by atoms with Gasteiger partial charge < -0.3 is 15.5 Å². The number of amides is 1. The molecule has 2 rings (SSSR count). The number of rotatable bonds is 4. The number of carbonyl (C=O) groups excluding carboxylic acids is 1. The van der Waals surface area contributed by atoms with Gasteiger partial charge in [-0.2, -0.15) is 0 Å². The van der Waals surface area contributed by atoms with Crippen LogP contribution in [0.4, 0.5) is 5.82 Å². The standard InChI is InChI=1S/C13H18ClN5OS/c1-18-4-6-19(7-5-18)12(20)3-2-8-21-13-16-10(14)9-11(15)17-13/h2-3,9H,4-8H2,1H3,(H2,15,16,17). The van der Waals surface area contributed by atoms with E-state index in [0.717, 1.165) is 26.2 Å². The molecule has 0 saturated carbocycles. The average molecular weight is 328 g/mol. The van der Waals surface area contributed by atoms with Crippen molar-refractivity contribution < 1.29 is 4.79 Å². The number of aromatic nitrogens is 2. The highest BCUT2D eigenvalue weighted by Gasteiger charge is 2.16. The van der Waals surface area contributed by atoms with Crippen LogP contribution < -0.4 is 5.73 Å². The first-order chi connectivity index (χ1) is 10.0. The van der Waals surface area contributed by atoms with Crippen LogP contribution >= 0.6 is 23.4 Å². The number of likely N-dealkylation sites (N-methyl/N-ethyl adjacent to an activating group) is 1. The minimum absolute atomic E-state index is 0.0511. The number of thioether (sulfide) groups is 1. The second-order valence-electron chi connectivity index (χ2n) is 4.74. The maximum atomic E-state index is 12.0. The summed E-state index contributed by atoms with van der Waals surface area (Å²) in [7, 11) is 2.06. The van der Waals surface area contributed by atoms with Gasteiger partial charge in [-0.15, -0.1) is 0 Å². The maximum absolute atomic E-state index is 12.0. The van der Waals surface area contributed by atoms with Crippen molar-refractivity contribution in [2.24, 2.45) is 0 Å². The third kappa shape index (κ3) is 5.18. The molecule has 0 spiro atoms. The van der Waals surface area contributed by atoms with Gasteiger partial charge in [-0.3, -0.25) is 4.79 Å². The van der Waals surface area contributed by atoms with Gasteiger partial charge in [-0.05, 0) is 13.1 Å². The molecule has 2 N–H and O–H groups in total. The lowest BCUT2D eigenvalue weighted by Gasteiger charge is -2.31. The Balaban J connectivity index is 1.78. The summed E-state index contributed by atoms with van der Waals surface area (Å²) < 4.78 is 0. The van der Waals surface area contributed by atoms with E-state index in [4.69, 9.17) is 17.3 Å². The summed E-state index contributed by atoms with van der Waals surface area (Å²) in [6, 6.07) is 1.50. The van der Waals surface area contributed by atoms with Crippen LogP contribution in [0.25, 0.3) is 0 Å². The normalized spacial score (nSPS) is 16.6. The Kier molecular flexibility index (Phi) is 5.84. The lowest BCUT2D eigenvalue weighted by molar-refractivity contribution is -0.127. The molecule has 0 atom stereocenters. The van der Waals surface area contributed by atoms with Gasteiger partial charge in [0.15, 0.2) is 5.16 Å². The highest BCUT2D eigenvalue weighted by Crippen LogP contribution is 2.17. The highest BCUT2D eigenvalue weighted by molar-refractivity contribution is 7.99. The van der Waals surface area contributed by atoms with E-state index in [9.17, 15) is 4.79 Å². The molecule has 1 aliphatic heterocycles. The minimum atomic E-state index is 0.0511. The van der Waals surface area contributed by atoms with Crippen LogP contribution in [0.5, 0.6) is 0 Å². The van der Waals surface area contributed by atoms with E-state index < -0.39 is 0 Å². The number of piperazine rings is 1. The first-order valence-corrected chi connectivity index (χ1v) is 7.98. The molecule has 0 radical (unpaired) electrons. The van der Waals surface area contributed by atoms with Gasteiger partial charge in [0.1, 0.15) is 11.0 Å². The Morgan fingerprint density at radius 2 is 2.14 bits per heavy atom. The number of nitrogens with two attached hydrogens (primary N) is 1. The monoisotopic (exact) mass is 327 g/mol. The van der Waals surface area contributed by atoms with E-state index in [1.54, 1.807) is 6.08 Å². The van der Waals surface area contributed by atoms with Crippen molar-refractivity contribution in [2.75, 3.05) is 44.7 Å². The largest absolute Gasteiger partial charge is 0.384 e. The molecule has 1 amide bonds. The summed E-state index contributed by atoms with van der Waals surface area (Å²) in [5, 5.41) is 0.833. The average Bonchev–Trinajstić information content (AvgIpc) is 2.43. The third-order valence-electron chi connectivity index (χ3n) is 3.08. The Morgan fingerprint density at radius 3 is 2.81 bits per heavy atom. The molecule has 114 valence electrons. The fraction of sp³-hybridized carbons (Fsp3) is 0.462. The zero-order valence-electron chi connectivity index (χ0n) is 11.8. The number of hydrogen-bond acceptors (Lipinski definition) is 6. The van der Waals surface area contributed by atoms with Crippen molar-refractivity contribution >= 4 is 35.1 Å². The van der Waals surface area contributed by atoms with E-state index in [2.05, 4.69) is 21.9 Å². The Bertz CT molecular complexity index is 511. The van der Waals surface area contributed by atoms with Gasteiger partial charge in [0.05, 0.1) is 0 Å². The summed E-state index contributed by atoms with van der Waals surface area (Å²) in [6.07, 6.45) is 3.41. The first kappa shape index (κ1) is 16.1. The summed E-state index contributed by atoms with van der Waals surface area (Å²) in [6.45, 7) is 3.40. The lowest BCUT2D eigenvalue weighted by Crippen LogP contribution is -2.46. The zero-order chi connectivity index (χ0) is 15.2. The van der Waals surface area contributed by atoms with Crippen molar-refractivity contribution in [3.8, 4) is 0 Å². The topological polar surface area (TPSA) is 75.3 Å². The fourth-order valence-electron chi connectivity index (χ4n) is 1.88. The molecule has 8 heteroatoms. The molecule has 21 heavy (non-hydrogen) atoms. The molecule has 2 heterocycles. The number of carbonyl (C=O) groups is 1. The van der Waals surface area contributed by atoms with Crippen molar-refractivity contribution in [1.29, 1.82) is 0 Å². The second kappa shape index (κ2) is 7.63. The number of nitrogens with zero attached hydrogens (tertiary/aromatic N) is 4. The van der Waals surface area contributed by atoms with Gasteiger partial charge >= 0.3 is 0 Å². The minimum Gasteiger partial charge on any atom is -0.384 e. The van der Waals surface area contributed by atoms with Gasteiger partial charge in [0.25, 0.3) is 0 Å². The number of halogens is 1. The van der Waals surface area contributed by atoms with Crippen molar-refractivity contribution in [3.05, 3.63) is 23.4 Å². The molecule has 1 saturated heterocycles. The second-order valence-corrected chi connectivity index (χ2v) is 6.11. The molecule has 0 bridgehead atoms. The molecule has 0 aromatic carbocycles. The van der Waals surface area contributed by atoms with E-state index in [1.807, 2.05) is 11.0 Å². The SMILES string of the molecule is CN1CCN(C(=O)C=CCSc2nc(N)cc(Cl)n2)CC1. The van der Waals surface area contributed by atoms with E-state index in [-0.39, 0.29) is 5.91 Å². The lowest BCUT2D eigenvalue weighted by atomic mass is 10.3. The third-order valence-corrected chi connectivity index (χ3v) is 4.07. The first-order valence-electron chi connectivity index (χ1n) is 6.61. The van der Waals surface area contributed by atoms with Crippen LogP contribution in [0.3, 0.4) is 0 Å². The van der Waals surface area contributed by atoms with E-state index >= 15 is 0 Å². The number of nitrogen functional groups attached to an aromatic ring is 1. The Labute approximate surface area is 133 Å². The van der Waals surface area contributed by atoms with Crippen LogP contribution in [0.15, 0.2) is 23.4 Å². The summed E-state index contributed by atoms with van der Waals surface area (Å²) in [4.78, 5) is 24.1. The molecule has 0 aliphatic carbocycles. The molecular weight excluding hydrogens is 310 g/mol. The summed E-state index contributed by atoms with van der Waals surface area (Å²) in [5.41, 5.74) is 5.59. The highest BCUT2D eigenvalue weighted by atomic mass is 35.5. The zero-order valence-corrected chi connectivity index (χ0v) is 13.4. The fourth-order valence-corrected chi connectivity index (χ4v) is 2.80. The quantitative estimate of drug-likeness (QED) is 0.387. The number of hydrogen-bond donors (Lipinski definition) is 1. The van der Waals surface area contributed by atoms with Crippen molar-refractivity contribution in [1.82, 2.24) is 19.8 Å². The van der Waals surface area contributed by atoms with Crippen LogP contribution in [0, 0.1) is 0 Å². The molecular formula is C13H18ClN5OS. The smallest absolute Gasteiger partial charge is 0.246 e. The Morgan fingerprint density at radius 1 is 1.43 bits per heavy atom. The molecule has 1 aromatic rings. The van der Waals surface area contributed by atoms with Gasteiger partial charge in [0, 0.05) is 38.0 Å². The van der Waals surface area contributed by atoms with Crippen molar-refractivity contribution in [2.45, 2.75) is 5.16 Å². The maximum Gasteiger partial charge on any atom is 0.246 e. The van der Waals surface area contributed by atoms with Crippen LogP contribution in [0.1, 0.15) is 0 Å². The Hall–Kier alpha value is -1.31. The van der Waals surface area contributed by atoms with Crippen molar-refractivity contribution in [3.63, 3.8) is 0 Å². The van der Waals surface area contributed by atoms with Gasteiger partial charge in [-0.1, -0.05) is 29.4 Å². The predicted molar refractivity (Wildman–Crippen MR) is 85.4 cm³/mol. The predicted octanol–water partition coefficient (Wildman–Crippen LogP) is 1.13. The molecule has 1 fully saturated rings. The van der Waals surface area contributed by atoms with E-state index in [1.165, 1.54) is 17.8 Å². The molecule has 0 unspecified atom stereocenters. The summed E-state index contributed by atoms with van der Waals surface area (Å²) in [5.74, 6) is 0.990. The van der Waals surface area contributed by atoms with E-state index in [0.29, 0.717) is 21.9 Å². The van der Waals surface area contributed by atoms with Gasteiger partial charge in [-0.25, -0.2) is 9.97 Å². The number of anilines is 1. The molecule has 6 nitrogen and oxygen atoms in total. The molecule has 1 aliphatic rings. The van der Waals surface area contributed by atoms with Crippen LogP contribution in [-0.2, 0) is 4.79 Å². The van der Waals surface area contributed by atoms with Gasteiger partial charge in [0.2, 0.25) is 5.91 Å². The van der Waals surface area contributed by atoms with Crippen LogP contribution in [-0.4, -0.2) is 64.7 Å².